The van der Waals surface area contributed by atoms with E-state index in [2.05, 4.69) is 31.7 Å². The first-order chi connectivity index (χ1) is 7.39. The molecule has 0 heterocycles. The molecule has 0 saturated heterocycles. The standard InChI is InChI=1S/C14H29NO.H2O/c1-6-15(7-2)12-10-13(3)9-8-11-14(4,5)16;/h10,16H,6-9,11-12H2,1-5H3;1H2/b13-10+;. The van der Waals surface area contributed by atoms with Gasteiger partial charge in [-0.25, -0.2) is 0 Å². The van der Waals surface area contributed by atoms with Gasteiger partial charge in [0.25, 0.3) is 0 Å². The first-order valence-corrected chi connectivity index (χ1v) is 6.49. The smallest absolute Gasteiger partial charge is 0.0591 e. The molecule has 0 aliphatic rings. The van der Waals surface area contributed by atoms with Crippen molar-refractivity contribution in [3.63, 3.8) is 0 Å². The normalized spacial score (nSPS) is 12.8. The maximum Gasteiger partial charge on any atom is 0.0591 e. The molecule has 0 unspecified atom stereocenters. The van der Waals surface area contributed by atoms with Crippen LogP contribution in [0.4, 0.5) is 0 Å². The van der Waals surface area contributed by atoms with Crippen molar-refractivity contribution in [2.75, 3.05) is 19.6 Å². The minimum atomic E-state index is -0.515. The van der Waals surface area contributed by atoms with Crippen LogP contribution in [0.25, 0.3) is 0 Å². The number of hydrogen-bond acceptors (Lipinski definition) is 2. The lowest BCUT2D eigenvalue weighted by Crippen LogP contribution is -2.22. The topological polar surface area (TPSA) is 55.0 Å². The van der Waals surface area contributed by atoms with Crippen molar-refractivity contribution in [1.82, 2.24) is 4.90 Å². The molecular formula is C14H31NO2. The van der Waals surface area contributed by atoms with E-state index in [0.717, 1.165) is 38.9 Å². The van der Waals surface area contributed by atoms with E-state index >= 15 is 0 Å². The fourth-order valence-electron chi connectivity index (χ4n) is 1.67. The quantitative estimate of drug-likeness (QED) is 0.668. The van der Waals surface area contributed by atoms with Gasteiger partial charge in [-0.1, -0.05) is 25.5 Å². The fourth-order valence-corrected chi connectivity index (χ4v) is 1.67. The Morgan fingerprint density at radius 3 is 2.18 bits per heavy atom. The molecule has 0 radical (unpaired) electrons. The molecule has 0 rings (SSSR count). The predicted octanol–water partition coefficient (Wildman–Crippen LogP) is 2.39. The number of likely N-dealkylation sites (N-methyl/N-ethyl adjacent to an activating group) is 1. The molecular weight excluding hydrogens is 214 g/mol. The Balaban J connectivity index is 0. The number of nitrogens with zero attached hydrogens (tertiary/aromatic N) is 1. The second-order valence-corrected chi connectivity index (χ2v) is 5.20. The molecule has 0 bridgehead atoms. The van der Waals surface area contributed by atoms with E-state index in [1.807, 2.05) is 13.8 Å². The average molecular weight is 245 g/mol. The molecule has 104 valence electrons. The second-order valence-electron chi connectivity index (χ2n) is 5.20. The Kier molecular flexibility index (Phi) is 10.7. The van der Waals surface area contributed by atoms with Crippen molar-refractivity contribution in [3.8, 4) is 0 Å². The van der Waals surface area contributed by atoms with Gasteiger partial charge < -0.3 is 15.5 Å². The summed E-state index contributed by atoms with van der Waals surface area (Å²) in [5.74, 6) is 0. The van der Waals surface area contributed by atoms with Crippen molar-refractivity contribution in [3.05, 3.63) is 11.6 Å². The Labute approximate surface area is 107 Å². The molecule has 0 aliphatic heterocycles. The monoisotopic (exact) mass is 245 g/mol. The molecule has 0 aliphatic carbocycles. The Morgan fingerprint density at radius 2 is 1.76 bits per heavy atom. The number of hydrogen-bond donors (Lipinski definition) is 1. The zero-order chi connectivity index (χ0) is 12.6. The lowest BCUT2D eigenvalue weighted by molar-refractivity contribution is 0.0689. The number of allylic oxidation sites excluding steroid dienone is 1. The summed E-state index contributed by atoms with van der Waals surface area (Å²) < 4.78 is 0. The molecule has 3 heteroatoms. The number of rotatable bonds is 8. The lowest BCUT2D eigenvalue weighted by Gasteiger charge is -2.17. The highest BCUT2D eigenvalue weighted by molar-refractivity contribution is 4.99. The van der Waals surface area contributed by atoms with E-state index in [9.17, 15) is 5.11 Å². The summed E-state index contributed by atoms with van der Waals surface area (Å²) in [7, 11) is 0. The summed E-state index contributed by atoms with van der Waals surface area (Å²) in [5, 5.41) is 9.60. The van der Waals surface area contributed by atoms with Crippen LogP contribution in [0, 0.1) is 0 Å². The largest absolute Gasteiger partial charge is 0.412 e. The molecule has 0 spiro atoms. The van der Waals surface area contributed by atoms with Crippen LogP contribution in [-0.4, -0.2) is 40.7 Å². The highest BCUT2D eigenvalue weighted by atomic mass is 16.3. The maximum atomic E-state index is 9.60. The van der Waals surface area contributed by atoms with Crippen LogP contribution in [0.1, 0.15) is 53.9 Å². The van der Waals surface area contributed by atoms with Gasteiger partial charge in [0.1, 0.15) is 0 Å². The molecule has 3 nitrogen and oxygen atoms in total. The van der Waals surface area contributed by atoms with Crippen LogP contribution in [0.2, 0.25) is 0 Å². The van der Waals surface area contributed by atoms with Gasteiger partial charge in [-0.05, 0) is 53.1 Å². The highest BCUT2D eigenvalue weighted by Gasteiger charge is 2.11. The third-order valence-electron chi connectivity index (χ3n) is 2.95. The SMILES string of the molecule is CCN(CC)C/C=C(\C)CCCC(C)(C)O.O. The van der Waals surface area contributed by atoms with E-state index in [4.69, 9.17) is 0 Å². The van der Waals surface area contributed by atoms with Gasteiger partial charge in [0.2, 0.25) is 0 Å². The molecule has 3 N–H and O–H groups in total. The maximum absolute atomic E-state index is 9.60. The summed E-state index contributed by atoms with van der Waals surface area (Å²) in [4.78, 5) is 2.40. The average Bonchev–Trinajstić information content (AvgIpc) is 2.17. The summed E-state index contributed by atoms with van der Waals surface area (Å²) in [6, 6.07) is 0. The summed E-state index contributed by atoms with van der Waals surface area (Å²) in [6.45, 7) is 13.6. The summed E-state index contributed by atoms with van der Waals surface area (Å²) in [6.07, 6.45) is 5.37. The predicted molar refractivity (Wildman–Crippen MR) is 75.3 cm³/mol. The third-order valence-corrected chi connectivity index (χ3v) is 2.95. The van der Waals surface area contributed by atoms with Crippen LogP contribution >= 0.6 is 0 Å². The van der Waals surface area contributed by atoms with Gasteiger partial charge in [-0.2, -0.15) is 0 Å². The minimum absolute atomic E-state index is 0. The summed E-state index contributed by atoms with van der Waals surface area (Å²) in [5.41, 5.74) is 0.926. The van der Waals surface area contributed by atoms with Crippen molar-refractivity contribution < 1.29 is 10.6 Å². The van der Waals surface area contributed by atoms with Crippen molar-refractivity contribution in [2.24, 2.45) is 0 Å². The zero-order valence-electron chi connectivity index (χ0n) is 12.2. The van der Waals surface area contributed by atoms with Gasteiger partial charge in [-0.15, -0.1) is 0 Å². The highest BCUT2D eigenvalue weighted by Crippen LogP contribution is 2.15. The van der Waals surface area contributed by atoms with Crippen LogP contribution < -0.4 is 0 Å². The molecule has 17 heavy (non-hydrogen) atoms. The Hall–Kier alpha value is -0.380. The first kappa shape index (κ1) is 19.0. The summed E-state index contributed by atoms with van der Waals surface area (Å²) >= 11 is 0. The van der Waals surface area contributed by atoms with E-state index in [-0.39, 0.29) is 5.48 Å². The van der Waals surface area contributed by atoms with Crippen molar-refractivity contribution in [2.45, 2.75) is 59.5 Å². The van der Waals surface area contributed by atoms with Crippen LogP contribution in [0.3, 0.4) is 0 Å². The second kappa shape index (κ2) is 9.63. The zero-order valence-corrected chi connectivity index (χ0v) is 12.2. The number of aliphatic hydroxyl groups is 1. The Bertz CT molecular complexity index is 203. The van der Waals surface area contributed by atoms with Gasteiger partial charge in [-0.3, -0.25) is 0 Å². The molecule has 0 aromatic carbocycles. The van der Waals surface area contributed by atoms with E-state index in [1.165, 1.54) is 5.57 Å². The van der Waals surface area contributed by atoms with Gasteiger partial charge in [0.15, 0.2) is 0 Å². The lowest BCUT2D eigenvalue weighted by atomic mass is 9.99. The van der Waals surface area contributed by atoms with Crippen LogP contribution in [0.5, 0.6) is 0 Å². The van der Waals surface area contributed by atoms with Crippen molar-refractivity contribution >= 4 is 0 Å². The first-order valence-electron chi connectivity index (χ1n) is 6.49. The van der Waals surface area contributed by atoms with E-state index in [1.54, 1.807) is 0 Å². The Morgan fingerprint density at radius 1 is 1.24 bits per heavy atom. The van der Waals surface area contributed by atoms with Gasteiger partial charge in [0.05, 0.1) is 5.60 Å². The minimum Gasteiger partial charge on any atom is -0.412 e. The van der Waals surface area contributed by atoms with Gasteiger partial charge in [0, 0.05) is 6.54 Å². The molecule has 0 amide bonds. The van der Waals surface area contributed by atoms with Gasteiger partial charge >= 0.3 is 0 Å². The van der Waals surface area contributed by atoms with Crippen molar-refractivity contribution in [1.29, 1.82) is 0 Å². The molecule has 0 fully saturated rings. The molecule has 0 atom stereocenters. The molecule has 0 saturated carbocycles. The van der Waals surface area contributed by atoms with E-state index < -0.39 is 5.60 Å². The van der Waals surface area contributed by atoms with Crippen LogP contribution in [0.15, 0.2) is 11.6 Å². The third kappa shape index (κ3) is 11.9. The van der Waals surface area contributed by atoms with Crippen LogP contribution in [-0.2, 0) is 0 Å². The molecule has 0 aromatic heterocycles. The van der Waals surface area contributed by atoms with E-state index in [0.29, 0.717) is 0 Å². The fraction of sp³-hybridized carbons (Fsp3) is 0.857. The molecule has 0 aromatic rings.